The van der Waals surface area contributed by atoms with E-state index in [4.69, 9.17) is 0 Å². The van der Waals surface area contributed by atoms with Crippen molar-refractivity contribution in [3.05, 3.63) is 35.4 Å². The summed E-state index contributed by atoms with van der Waals surface area (Å²) in [5.74, 6) is 0.542. The van der Waals surface area contributed by atoms with Gasteiger partial charge in [0, 0.05) is 0 Å². The highest BCUT2D eigenvalue weighted by molar-refractivity contribution is 5.35. The molecule has 0 unspecified atom stereocenters. The predicted octanol–water partition coefficient (Wildman–Crippen LogP) is 4.62. The van der Waals surface area contributed by atoms with Gasteiger partial charge in [-0.1, -0.05) is 45.9 Å². The van der Waals surface area contributed by atoms with Crippen LogP contribution < -0.4 is 5.32 Å². The summed E-state index contributed by atoms with van der Waals surface area (Å²) in [7, 11) is 0. The Kier molecular flexibility index (Phi) is 5.63. The average molecular weight is 287 g/mol. The van der Waals surface area contributed by atoms with Gasteiger partial charge in [-0.15, -0.1) is 0 Å². The molecule has 0 fully saturated rings. The monoisotopic (exact) mass is 287 g/mol. The molecule has 0 atom stereocenters. The van der Waals surface area contributed by atoms with Crippen LogP contribution in [-0.2, 0) is 11.6 Å². The van der Waals surface area contributed by atoms with E-state index in [1.165, 1.54) is 12.1 Å². The van der Waals surface area contributed by atoms with Crippen molar-refractivity contribution < 1.29 is 13.2 Å². The van der Waals surface area contributed by atoms with Gasteiger partial charge >= 0.3 is 6.18 Å². The summed E-state index contributed by atoms with van der Waals surface area (Å²) >= 11 is 0. The zero-order valence-corrected chi connectivity index (χ0v) is 12.6. The van der Waals surface area contributed by atoms with E-state index < -0.39 is 17.2 Å². The van der Waals surface area contributed by atoms with E-state index in [-0.39, 0.29) is 0 Å². The molecule has 20 heavy (non-hydrogen) atoms. The van der Waals surface area contributed by atoms with Crippen LogP contribution in [0.25, 0.3) is 0 Å². The number of halogens is 3. The van der Waals surface area contributed by atoms with Crippen LogP contribution >= 0.6 is 0 Å². The van der Waals surface area contributed by atoms with Gasteiger partial charge in [-0.05, 0) is 42.5 Å². The SMILES string of the molecule is CC(C)CNCCC(C)(C)c1ccccc1C(F)(F)F. The van der Waals surface area contributed by atoms with Crippen molar-refractivity contribution in [2.75, 3.05) is 13.1 Å². The van der Waals surface area contributed by atoms with Crippen molar-refractivity contribution in [2.24, 2.45) is 5.92 Å². The molecule has 1 N–H and O–H groups in total. The van der Waals surface area contributed by atoms with E-state index >= 15 is 0 Å². The summed E-state index contributed by atoms with van der Waals surface area (Å²) in [4.78, 5) is 0. The number of hydrogen-bond donors (Lipinski definition) is 1. The second-order valence-corrected chi connectivity index (χ2v) is 6.28. The minimum Gasteiger partial charge on any atom is -0.316 e. The summed E-state index contributed by atoms with van der Waals surface area (Å²) < 4.78 is 39.2. The van der Waals surface area contributed by atoms with Crippen molar-refractivity contribution in [2.45, 2.75) is 45.7 Å². The predicted molar refractivity (Wildman–Crippen MR) is 76.8 cm³/mol. The van der Waals surface area contributed by atoms with Crippen molar-refractivity contribution >= 4 is 0 Å². The van der Waals surface area contributed by atoms with E-state index in [2.05, 4.69) is 19.2 Å². The molecule has 0 saturated heterocycles. The third-order valence-electron chi connectivity index (χ3n) is 3.44. The van der Waals surface area contributed by atoms with Crippen molar-refractivity contribution in [3.8, 4) is 0 Å². The first-order valence-corrected chi connectivity index (χ1v) is 7.02. The van der Waals surface area contributed by atoms with Crippen LogP contribution in [0.15, 0.2) is 24.3 Å². The quantitative estimate of drug-likeness (QED) is 0.753. The Morgan fingerprint density at radius 3 is 2.10 bits per heavy atom. The maximum absolute atomic E-state index is 13.1. The molecule has 1 aromatic rings. The number of rotatable bonds is 6. The highest BCUT2D eigenvalue weighted by Crippen LogP contribution is 2.38. The van der Waals surface area contributed by atoms with Gasteiger partial charge < -0.3 is 5.32 Å². The van der Waals surface area contributed by atoms with Crippen LogP contribution in [0.3, 0.4) is 0 Å². The van der Waals surface area contributed by atoms with Gasteiger partial charge in [-0.2, -0.15) is 13.2 Å². The van der Waals surface area contributed by atoms with Crippen LogP contribution in [0.2, 0.25) is 0 Å². The normalized spacial score (nSPS) is 13.0. The van der Waals surface area contributed by atoms with Crippen LogP contribution in [-0.4, -0.2) is 13.1 Å². The Morgan fingerprint density at radius 1 is 1.05 bits per heavy atom. The van der Waals surface area contributed by atoms with Crippen molar-refractivity contribution in [3.63, 3.8) is 0 Å². The minimum atomic E-state index is -4.29. The molecular formula is C16H24F3N. The summed E-state index contributed by atoms with van der Waals surface area (Å²) in [5.41, 5.74) is -0.650. The average Bonchev–Trinajstić information content (AvgIpc) is 2.33. The zero-order valence-electron chi connectivity index (χ0n) is 12.6. The van der Waals surface area contributed by atoms with Crippen molar-refractivity contribution in [1.82, 2.24) is 5.32 Å². The maximum Gasteiger partial charge on any atom is 0.416 e. The Labute approximate surface area is 119 Å². The second kappa shape index (κ2) is 6.61. The third kappa shape index (κ3) is 4.82. The number of alkyl halides is 3. The fourth-order valence-corrected chi connectivity index (χ4v) is 2.25. The molecule has 0 heterocycles. The van der Waals surface area contributed by atoms with Gasteiger partial charge in [0.2, 0.25) is 0 Å². The highest BCUT2D eigenvalue weighted by Gasteiger charge is 2.37. The lowest BCUT2D eigenvalue weighted by atomic mass is 9.79. The summed E-state index contributed by atoms with van der Waals surface area (Å²) in [5, 5.41) is 3.29. The van der Waals surface area contributed by atoms with Crippen LogP contribution in [0.5, 0.6) is 0 Å². The molecule has 0 amide bonds. The second-order valence-electron chi connectivity index (χ2n) is 6.28. The first-order valence-electron chi connectivity index (χ1n) is 7.02. The first kappa shape index (κ1) is 17.0. The fraction of sp³-hybridized carbons (Fsp3) is 0.625. The lowest BCUT2D eigenvalue weighted by Crippen LogP contribution is -2.29. The largest absolute Gasteiger partial charge is 0.416 e. The Bertz CT molecular complexity index is 422. The molecule has 0 aliphatic rings. The first-order chi connectivity index (χ1) is 9.14. The van der Waals surface area contributed by atoms with E-state index in [1.807, 2.05) is 13.8 Å². The fourth-order valence-electron chi connectivity index (χ4n) is 2.25. The van der Waals surface area contributed by atoms with E-state index in [0.29, 0.717) is 17.9 Å². The molecule has 0 radical (unpaired) electrons. The molecule has 0 aliphatic carbocycles. The Morgan fingerprint density at radius 2 is 1.60 bits per heavy atom. The standard InChI is InChI=1S/C16H24F3N/c1-12(2)11-20-10-9-15(3,4)13-7-5-6-8-14(13)16(17,18)19/h5-8,12,20H,9-11H2,1-4H3. The molecular weight excluding hydrogens is 263 g/mol. The van der Waals surface area contributed by atoms with Crippen LogP contribution in [0.1, 0.15) is 45.2 Å². The third-order valence-corrected chi connectivity index (χ3v) is 3.44. The van der Waals surface area contributed by atoms with E-state index in [1.54, 1.807) is 12.1 Å². The van der Waals surface area contributed by atoms with Crippen molar-refractivity contribution in [1.29, 1.82) is 0 Å². The zero-order chi connectivity index (χ0) is 15.4. The molecule has 1 rings (SSSR count). The molecule has 0 aromatic heterocycles. The molecule has 114 valence electrons. The van der Waals surface area contributed by atoms with Gasteiger partial charge in [0.15, 0.2) is 0 Å². The van der Waals surface area contributed by atoms with Gasteiger partial charge in [-0.3, -0.25) is 0 Å². The van der Waals surface area contributed by atoms with E-state index in [0.717, 1.165) is 13.1 Å². The van der Waals surface area contributed by atoms with Crippen LogP contribution in [0.4, 0.5) is 13.2 Å². The summed E-state index contributed by atoms with van der Waals surface area (Å²) in [6.07, 6.45) is -3.62. The molecule has 0 saturated carbocycles. The lowest BCUT2D eigenvalue weighted by Gasteiger charge is -2.29. The topological polar surface area (TPSA) is 12.0 Å². The molecule has 0 spiro atoms. The molecule has 0 bridgehead atoms. The summed E-state index contributed by atoms with van der Waals surface area (Å²) in [6.45, 7) is 9.56. The molecule has 0 aliphatic heterocycles. The maximum atomic E-state index is 13.1. The summed E-state index contributed by atoms with van der Waals surface area (Å²) in [6, 6.07) is 5.87. The van der Waals surface area contributed by atoms with Gasteiger partial charge in [0.25, 0.3) is 0 Å². The minimum absolute atomic E-state index is 0.374. The smallest absolute Gasteiger partial charge is 0.316 e. The van der Waals surface area contributed by atoms with Gasteiger partial charge in [0.05, 0.1) is 5.56 Å². The van der Waals surface area contributed by atoms with Gasteiger partial charge in [-0.25, -0.2) is 0 Å². The van der Waals surface area contributed by atoms with Gasteiger partial charge in [0.1, 0.15) is 0 Å². The highest BCUT2D eigenvalue weighted by atomic mass is 19.4. The Balaban J connectivity index is 2.82. The Hall–Kier alpha value is -1.03. The molecule has 1 nitrogen and oxygen atoms in total. The van der Waals surface area contributed by atoms with Crippen LogP contribution in [0, 0.1) is 5.92 Å². The number of benzene rings is 1. The molecule has 1 aromatic carbocycles. The molecule has 4 heteroatoms. The number of hydrogen-bond acceptors (Lipinski definition) is 1. The lowest BCUT2D eigenvalue weighted by molar-refractivity contribution is -0.138. The van der Waals surface area contributed by atoms with E-state index in [9.17, 15) is 13.2 Å². The number of nitrogens with one attached hydrogen (secondary N) is 1.